The van der Waals surface area contributed by atoms with E-state index in [2.05, 4.69) is 4.74 Å². The molecule has 0 aromatic carbocycles. The maximum absolute atomic E-state index is 9.90. The molecule has 0 aliphatic rings. The number of nitrogens with zero attached hydrogens (tertiary/aromatic N) is 2. The van der Waals surface area contributed by atoms with Crippen LogP contribution in [0.15, 0.2) is 18.7 Å². The molecule has 72 valence electrons. The van der Waals surface area contributed by atoms with Crippen LogP contribution in [-0.4, -0.2) is 17.3 Å². The second kappa shape index (κ2) is 4.49. The van der Waals surface area contributed by atoms with Crippen LogP contribution in [0.1, 0.15) is 6.92 Å². The summed E-state index contributed by atoms with van der Waals surface area (Å²) < 4.78 is 8.10. The molecule has 0 amide bonds. The van der Waals surface area contributed by atoms with E-state index in [-0.39, 0.29) is 6.61 Å². The molecule has 0 unspecified atom stereocenters. The second-order valence-corrected chi connectivity index (χ2v) is 2.58. The Labute approximate surface area is 76.2 Å². The molecule has 1 heterocycles. The van der Waals surface area contributed by atoms with Crippen LogP contribution in [0.3, 0.4) is 0 Å². The molecule has 1 aromatic rings. The van der Waals surface area contributed by atoms with E-state index in [1.165, 1.54) is 0 Å². The summed E-state index contributed by atoms with van der Waals surface area (Å²) in [6.07, 6.45) is 4.19. The SMILES string of the molecule is CCn1cc[n+](CCOC(=O)[O-])c1. The van der Waals surface area contributed by atoms with Gasteiger partial charge in [-0.05, 0) is 6.92 Å². The molecular weight excluding hydrogens is 172 g/mol. The van der Waals surface area contributed by atoms with Gasteiger partial charge in [-0.2, -0.15) is 0 Å². The molecule has 0 spiro atoms. The number of imidazole rings is 1. The van der Waals surface area contributed by atoms with E-state index in [0.717, 1.165) is 6.54 Å². The quantitative estimate of drug-likeness (QED) is 0.452. The largest absolute Gasteiger partial charge is 0.546 e. The average molecular weight is 184 g/mol. The van der Waals surface area contributed by atoms with Crippen molar-refractivity contribution in [3.05, 3.63) is 18.7 Å². The number of aromatic nitrogens is 2. The Hall–Kier alpha value is -1.52. The lowest BCUT2D eigenvalue weighted by Gasteiger charge is -2.04. The van der Waals surface area contributed by atoms with Crippen molar-refractivity contribution in [2.75, 3.05) is 6.61 Å². The number of carboxylic acid groups (broad SMARTS) is 1. The summed E-state index contributed by atoms with van der Waals surface area (Å²) in [5, 5.41) is 9.90. The predicted octanol–water partition coefficient (Wildman–Crippen LogP) is -0.845. The highest BCUT2D eigenvalue weighted by atomic mass is 16.7. The molecule has 1 rings (SSSR count). The third kappa shape index (κ3) is 3.14. The minimum Gasteiger partial charge on any atom is -0.546 e. The van der Waals surface area contributed by atoms with Crippen molar-refractivity contribution in [1.29, 1.82) is 0 Å². The standard InChI is InChI=1S/C8H12N2O3/c1-2-9-3-4-10(7-9)5-6-13-8(11)12/h3-4,7H,2,5-6H2,1H3. The zero-order valence-corrected chi connectivity index (χ0v) is 7.47. The topological polar surface area (TPSA) is 58.2 Å². The normalized spacial score (nSPS) is 9.92. The van der Waals surface area contributed by atoms with E-state index >= 15 is 0 Å². The monoisotopic (exact) mass is 184 g/mol. The second-order valence-electron chi connectivity index (χ2n) is 2.58. The Balaban J connectivity index is 2.32. The Morgan fingerprint density at radius 2 is 2.46 bits per heavy atom. The summed E-state index contributed by atoms with van der Waals surface area (Å²) in [5.41, 5.74) is 0. The molecule has 5 heteroatoms. The number of rotatable bonds is 4. The van der Waals surface area contributed by atoms with Crippen molar-refractivity contribution in [2.24, 2.45) is 0 Å². The van der Waals surface area contributed by atoms with Crippen molar-refractivity contribution < 1.29 is 19.2 Å². The lowest BCUT2D eigenvalue weighted by molar-refractivity contribution is -0.697. The molecule has 0 atom stereocenters. The number of hydrogen-bond donors (Lipinski definition) is 0. The van der Waals surface area contributed by atoms with Crippen molar-refractivity contribution in [3.8, 4) is 0 Å². The summed E-state index contributed by atoms with van der Waals surface area (Å²) in [5.74, 6) is 0. The van der Waals surface area contributed by atoms with Gasteiger partial charge in [0.15, 0.2) is 0 Å². The summed E-state index contributed by atoms with van der Waals surface area (Å²) in [4.78, 5) is 9.90. The van der Waals surface area contributed by atoms with Crippen molar-refractivity contribution in [3.63, 3.8) is 0 Å². The zero-order chi connectivity index (χ0) is 9.68. The molecule has 0 aliphatic carbocycles. The van der Waals surface area contributed by atoms with Crippen LogP contribution in [0.4, 0.5) is 4.79 Å². The number of ether oxygens (including phenoxy) is 1. The first-order valence-corrected chi connectivity index (χ1v) is 4.11. The third-order valence-electron chi connectivity index (χ3n) is 1.68. The van der Waals surface area contributed by atoms with Crippen LogP contribution < -0.4 is 9.67 Å². The molecule has 0 saturated heterocycles. The van der Waals surface area contributed by atoms with E-state index in [1.807, 2.05) is 34.8 Å². The Morgan fingerprint density at radius 1 is 1.69 bits per heavy atom. The molecule has 0 N–H and O–H groups in total. The van der Waals surface area contributed by atoms with E-state index in [4.69, 9.17) is 0 Å². The fraction of sp³-hybridized carbons (Fsp3) is 0.500. The Morgan fingerprint density at radius 3 is 3.00 bits per heavy atom. The minimum atomic E-state index is -1.48. The number of carbonyl (C=O) groups excluding carboxylic acids is 1. The molecule has 0 bridgehead atoms. The van der Waals surface area contributed by atoms with Gasteiger partial charge < -0.3 is 14.6 Å². The van der Waals surface area contributed by atoms with Gasteiger partial charge in [-0.25, -0.2) is 9.13 Å². The van der Waals surface area contributed by atoms with Gasteiger partial charge >= 0.3 is 0 Å². The lowest BCUT2D eigenvalue weighted by Crippen LogP contribution is -2.35. The van der Waals surface area contributed by atoms with Crippen LogP contribution in [0.2, 0.25) is 0 Å². The maximum atomic E-state index is 9.90. The molecular formula is C8H12N2O3. The lowest BCUT2D eigenvalue weighted by atomic mass is 10.7. The Kier molecular flexibility index (Phi) is 3.31. The predicted molar refractivity (Wildman–Crippen MR) is 41.6 cm³/mol. The molecule has 0 radical (unpaired) electrons. The highest BCUT2D eigenvalue weighted by Crippen LogP contribution is 1.83. The van der Waals surface area contributed by atoms with Gasteiger partial charge in [0.25, 0.3) is 6.16 Å². The van der Waals surface area contributed by atoms with Crippen molar-refractivity contribution in [2.45, 2.75) is 20.0 Å². The Bertz CT molecular complexity index is 283. The zero-order valence-electron chi connectivity index (χ0n) is 7.47. The van der Waals surface area contributed by atoms with E-state index < -0.39 is 6.16 Å². The van der Waals surface area contributed by atoms with E-state index in [9.17, 15) is 9.90 Å². The molecule has 13 heavy (non-hydrogen) atoms. The van der Waals surface area contributed by atoms with Crippen molar-refractivity contribution in [1.82, 2.24) is 4.57 Å². The first-order valence-electron chi connectivity index (χ1n) is 4.11. The average Bonchev–Trinajstić information content (AvgIpc) is 2.52. The number of carbonyl (C=O) groups is 1. The third-order valence-corrected chi connectivity index (χ3v) is 1.68. The van der Waals surface area contributed by atoms with E-state index in [0.29, 0.717) is 6.54 Å². The smallest absolute Gasteiger partial charge is 0.252 e. The molecule has 5 nitrogen and oxygen atoms in total. The summed E-state index contributed by atoms with van der Waals surface area (Å²) in [6, 6.07) is 0. The summed E-state index contributed by atoms with van der Waals surface area (Å²) in [6.45, 7) is 3.57. The number of aryl methyl sites for hydroxylation is 1. The molecule has 1 aromatic heterocycles. The fourth-order valence-electron chi connectivity index (χ4n) is 0.992. The highest BCUT2D eigenvalue weighted by Gasteiger charge is 1.99. The van der Waals surface area contributed by atoms with Gasteiger partial charge in [0, 0.05) is 0 Å². The summed E-state index contributed by atoms with van der Waals surface area (Å²) in [7, 11) is 0. The van der Waals surface area contributed by atoms with Gasteiger partial charge in [-0.1, -0.05) is 0 Å². The van der Waals surface area contributed by atoms with Crippen LogP contribution >= 0.6 is 0 Å². The minimum absolute atomic E-state index is 0.126. The molecule has 0 fully saturated rings. The summed E-state index contributed by atoms with van der Waals surface area (Å²) >= 11 is 0. The van der Waals surface area contributed by atoms with Crippen molar-refractivity contribution >= 4 is 6.16 Å². The number of hydrogen-bond acceptors (Lipinski definition) is 3. The van der Waals surface area contributed by atoms with Crippen LogP contribution in [-0.2, 0) is 17.8 Å². The van der Waals surface area contributed by atoms with Crippen LogP contribution in [0, 0.1) is 0 Å². The van der Waals surface area contributed by atoms with E-state index in [1.54, 1.807) is 0 Å². The maximum Gasteiger partial charge on any atom is 0.252 e. The van der Waals surface area contributed by atoms with Gasteiger partial charge in [-0.3, -0.25) is 0 Å². The molecule has 0 aliphatic heterocycles. The van der Waals surface area contributed by atoms with Crippen LogP contribution in [0.5, 0.6) is 0 Å². The van der Waals surface area contributed by atoms with Gasteiger partial charge in [-0.15, -0.1) is 0 Å². The van der Waals surface area contributed by atoms with Crippen LogP contribution in [0.25, 0.3) is 0 Å². The highest BCUT2D eigenvalue weighted by molar-refractivity contribution is 5.53. The molecule has 0 saturated carbocycles. The fourth-order valence-corrected chi connectivity index (χ4v) is 0.992. The van der Waals surface area contributed by atoms with Gasteiger partial charge in [0.05, 0.1) is 13.2 Å². The first kappa shape index (κ1) is 9.57. The first-order chi connectivity index (χ1) is 6.22. The van der Waals surface area contributed by atoms with Gasteiger partial charge in [0.2, 0.25) is 6.33 Å². The van der Waals surface area contributed by atoms with Gasteiger partial charge in [0.1, 0.15) is 18.9 Å².